The van der Waals surface area contributed by atoms with E-state index in [0.717, 1.165) is 53.3 Å². The van der Waals surface area contributed by atoms with Crippen LogP contribution in [0.25, 0.3) is 10.4 Å². The monoisotopic (exact) mass is 489 g/mol. The first-order valence-electron chi connectivity index (χ1n) is 10.7. The SMILES string of the molecule is O=COC1CCC(c2ncc(-c3ccc(NC(=O)Nc4cccc(C(F)(F)F)c4)cc3)s2)CC1. The predicted octanol–water partition coefficient (Wildman–Crippen LogP) is 6.67. The number of hydrogen-bond acceptors (Lipinski definition) is 5. The third-order valence-corrected chi connectivity index (χ3v) is 6.88. The van der Waals surface area contributed by atoms with Crippen molar-refractivity contribution in [3.8, 4) is 10.4 Å². The molecular formula is C24H22F3N3O3S. The number of nitrogens with one attached hydrogen (secondary N) is 2. The Morgan fingerprint density at radius 2 is 1.74 bits per heavy atom. The van der Waals surface area contributed by atoms with Gasteiger partial charge in [-0.05, 0) is 61.6 Å². The molecule has 3 aromatic rings. The van der Waals surface area contributed by atoms with Gasteiger partial charge < -0.3 is 15.4 Å². The molecule has 0 atom stereocenters. The molecule has 1 saturated carbocycles. The van der Waals surface area contributed by atoms with Crippen LogP contribution in [0.2, 0.25) is 0 Å². The Bertz CT molecular complexity index is 1140. The summed E-state index contributed by atoms with van der Waals surface area (Å²) < 4.78 is 43.6. The van der Waals surface area contributed by atoms with Crippen molar-refractivity contribution in [2.24, 2.45) is 0 Å². The highest BCUT2D eigenvalue weighted by atomic mass is 32.1. The molecule has 34 heavy (non-hydrogen) atoms. The lowest BCUT2D eigenvalue weighted by Crippen LogP contribution is -2.20. The second-order valence-electron chi connectivity index (χ2n) is 8.00. The summed E-state index contributed by atoms with van der Waals surface area (Å²) in [7, 11) is 0. The zero-order valence-electron chi connectivity index (χ0n) is 18.0. The highest BCUT2D eigenvalue weighted by Gasteiger charge is 2.30. The molecular weight excluding hydrogens is 467 g/mol. The van der Waals surface area contributed by atoms with Crippen LogP contribution in [0.5, 0.6) is 0 Å². The number of aromatic nitrogens is 1. The number of carbonyl (C=O) groups excluding carboxylic acids is 2. The van der Waals surface area contributed by atoms with E-state index in [1.807, 2.05) is 18.3 Å². The molecule has 0 aliphatic heterocycles. The molecule has 2 aromatic carbocycles. The summed E-state index contributed by atoms with van der Waals surface area (Å²) in [6, 6.07) is 11.0. The fourth-order valence-corrected chi connectivity index (χ4v) is 5.01. The molecule has 1 heterocycles. The molecule has 2 N–H and O–H groups in total. The first-order chi connectivity index (χ1) is 16.3. The third kappa shape index (κ3) is 5.93. The van der Waals surface area contributed by atoms with Crippen LogP contribution in [0.15, 0.2) is 54.7 Å². The van der Waals surface area contributed by atoms with Gasteiger partial charge in [0.2, 0.25) is 0 Å². The smallest absolute Gasteiger partial charge is 0.416 e. The maximum Gasteiger partial charge on any atom is 0.416 e. The third-order valence-electron chi connectivity index (χ3n) is 5.67. The van der Waals surface area contributed by atoms with Gasteiger partial charge in [0.25, 0.3) is 6.47 Å². The number of urea groups is 1. The molecule has 178 valence electrons. The van der Waals surface area contributed by atoms with Crippen LogP contribution in [0, 0.1) is 0 Å². The van der Waals surface area contributed by atoms with E-state index < -0.39 is 17.8 Å². The maximum atomic E-state index is 12.8. The van der Waals surface area contributed by atoms with Crippen LogP contribution in [0.3, 0.4) is 0 Å². The minimum atomic E-state index is -4.48. The summed E-state index contributed by atoms with van der Waals surface area (Å²) in [6.07, 6.45) is 0.869. The van der Waals surface area contributed by atoms with Crippen molar-refractivity contribution < 1.29 is 27.5 Å². The Kier molecular flexibility index (Phi) is 7.16. The van der Waals surface area contributed by atoms with E-state index in [-0.39, 0.29) is 11.8 Å². The Labute approximate surface area is 198 Å². The molecule has 6 nitrogen and oxygen atoms in total. The van der Waals surface area contributed by atoms with Gasteiger partial charge in [0.05, 0.1) is 15.4 Å². The van der Waals surface area contributed by atoms with Gasteiger partial charge in [0.1, 0.15) is 6.10 Å². The minimum absolute atomic E-state index is 0.000919. The van der Waals surface area contributed by atoms with Crippen molar-refractivity contribution >= 4 is 35.2 Å². The molecule has 0 unspecified atom stereocenters. The second-order valence-corrected chi connectivity index (χ2v) is 9.07. The normalized spacial score (nSPS) is 18.2. The number of halogens is 3. The molecule has 0 saturated heterocycles. The molecule has 0 radical (unpaired) electrons. The van der Waals surface area contributed by atoms with E-state index in [9.17, 15) is 22.8 Å². The van der Waals surface area contributed by atoms with Gasteiger partial charge in [0.15, 0.2) is 0 Å². The number of nitrogens with zero attached hydrogens (tertiary/aromatic N) is 1. The molecule has 1 aliphatic rings. The first-order valence-corrected chi connectivity index (χ1v) is 11.5. The number of benzene rings is 2. The number of amides is 2. The van der Waals surface area contributed by atoms with Crippen LogP contribution in [-0.4, -0.2) is 23.6 Å². The summed E-state index contributed by atoms with van der Waals surface area (Å²) in [4.78, 5) is 28.3. The molecule has 1 fully saturated rings. The van der Waals surface area contributed by atoms with Gasteiger partial charge in [-0.1, -0.05) is 18.2 Å². The lowest BCUT2D eigenvalue weighted by atomic mass is 9.88. The zero-order valence-corrected chi connectivity index (χ0v) is 18.8. The summed E-state index contributed by atoms with van der Waals surface area (Å²) in [6.45, 7) is 0.514. The highest BCUT2D eigenvalue weighted by Crippen LogP contribution is 2.38. The highest BCUT2D eigenvalue weighted by molar-refractivity contribution is 7.15. The van der Waals surface area contributed by atoms with Crippen molar-refractivity contribution in [3.63, 3.8) is 0 Å². The van der Waals surface area contributed by atoms with Crippen molar-refractivity contribution in [2.45, 2.75) is 43.9 Å². The fraction of sp³-hybridized carbons (Fsp3) is 0.292. The molecule has 0 spiro atoms. The molecule has 1 aliphatic carbocycles. The molecule has 10 heteroatoms. The van der Waals surface area contributed by atoms with Crippen molar-refractivity contribution in [2.75, 3.05) is 10.6 Å². The van der Waals surface area contributed by atoms with Gasteiger partial charge in [-0.15, -0.1) is 11.3 Å². The number of carbonyl (C=O) groups is 2. The van der Waals surface area contributed by atoms with Gasteiger partial charge in [-0.25, -0.2) is 9.78 Å². The quantitative estimate of drug-likeness (QED) is 0.379. The standard InChI is InChI=1S/C24H22F3N3O3S/c25-24(26,27)17-2-1-3-19(12-17)30-23(32)29-18-8-4-15(5-9-18)21-13-28-22(34-21)16-6-10-20(11-7-16)33-14-31/h1-5,8-9,12-14,16,20H,6-7,10-11H2,(H2,29,30,32). The summed E-state index contributed by atoms with van der Waals surface area (Å²) >= 11 is 1.62. The van der Waals surface area contributed by atoms with E-state index in [4.69, 9.17) is 4.74 Å². The number of ether oxygens (including phenoxy) is 1. The van der Waals surface area contributed by atoms with E-state index in [1.165, 1.54) is 12.1 Å². The number of rotatable bonds is 6. The maximum absolute atomic E-state index is 12.8. The number of anilines is 2. The van der Waals surface area contributed by atoms with Gasteiger partial charge in [-0.3, -0.25) is 4.79 Å². The number of alkyl halides is 3. The van der Waals surface area contributed by atoms with Crippen LogP contribution in [0.1, 0.15) is 42.2 Å². The van der Waals surface area contributed by atoms with Gasteiger partial charge >= 0.3 is 12.2 Å². The number of thiazole rings is 1. The summed E-state index contributed by atoms with van der Waals surface area (Å²) in [5.41, 5.74) is 0.672. The van der Waals surface area contributed by atoms with E-state index in [2.05, 4.69) is 15.6 Å². The van der Waals surface area contributed by atoms with Crippen LogP contribution in [-0.2, 0) is 15.7 Å². The van der Waals surface area contributed by atoms with Crippen molar-refractivity contribution in [1.29, 1.82) is 0 Å². The lowest BCUT2D eigenvalue weighted by molar-refractivity contribution is -0.137. The van der Waals surface area contributed by atoms with Crippen LogP contribution in [0.4, 0.5) is 29.3 Å². The van der Waals surface area contributed by atoms with E-state index in [0.29, 0.717) is 18.1 Å². The Hall–Kier alpha value is -3.40. The number of hydrogen-bond donors (Lipinski definition) is 2. The topological polar surface area (TPSA) is 80.3 Å². The average molecular weight is 490 g/mol. The van der Waals surface area contributed by atoms with E-state index in [1.54, 1.807) is 23.5 Å². The Morgan fingerprint density at radius 1 is 1.03 bits per heavy atom. The van der Waals surface area contributed by atoms with Gasteiger partial charge in [0, 0.05) is 23.5 Å². The van der Waals surface area contributed by atoms with Crippen LogP contribution < -0.4 is 10.6 Å². The zero-order chi connectivity index (χ0) is 24.1. The van der Waals surface area contributed by atoms with Crippen molar-refractivity contribution in [3.05, 3.63) is 65.3 Å². The summed E-state index contributed by atoms with van der Waals surface area (Å²) in [5, 5.41) is 6.09. The largest absolute Gasteiger partial charge is 0.465 e. The fourth-order valence-electron chi connectivity index (χ4n) is 3.92. The first kappa shape index (κ1) is 23.7. The second kappa shape index (κ2) is 10.3. The summed E-state index contributed by atoms with van der Waals surface area (Å²) in [5.74, 6) is 0.353. The molecule has 1 aromatic heterocycles. The predicted molar refractivity (Wildman–Crippen MR) is 124 cm³/mol. The Morgan fingerprint density at radius 3 is 2.41 bits per heavy atom. The molecule has 0 bridgehead atoms. The molecule has 2 amide bonds. The molecule has 4 rings (SSSR count). The van der Waals surface area contributed by atoms with E-state index >= 15 is 0 Å². The van der Waals surface area contributed by atoms with Gasteiger partial charge in [-0.2, -0.15) is 13.2 Å². The van der Waals surface area contributed by atoms with Crippen molar-refractivity contribution in [1.82, 2.24) is 4.98 Å². The minimum Gasteiger partial charge on any atom is -0.465 e. The Balaban J connectivity index is 1.34. The van der Waals surface area contributed by atoms with Crippen LogP contribution >= 0.6 is 11.3 Å². The average Bonchev–Trinajstić information content (AvgIpc) is 3.30. The lowest BCUT2D eigenvalue weighted by Gasteiger charge is -2.25.